The molecule has 0 saturated heterocycles. The van der Waals surface area contributed by atoms with E-state index >= 15 is 0 Å². The van der Waals surface area contributed by atoms with Crippen LogP contribution in [0.4, 0.5) is 0 Å². The number of rotatable bonds is 1. The largest absolute Gasteiger partial charge is 3.00 e. The van der Waals surface area contributed by atoms with Crippen LogP contribution in [-0.4, -0.2) is 0 Å². The molecule has 0 aliphatic carbocycles. The first-order valence-corrected chi connectivity index (χ1v) is 1.71. The van der Waals surface area contributed by atoms with E-state index in [4.69, 9.17) is 0 Å². The molecule has 0 unspecified atom stereocenters. The molecule has 0 aromatic heterocycles. The summed E-state index contributed by atoms with van der Waals surface area (Å²) in [7, 11) is 0. The van der Waals surface area contributed by atoms with Crippen LogP contribution in [0.15, 0.2) is 0 Å². The van der Waals surface area contributed by atoms with Crippen LogP contribution in [0.3, 0.4) is 0 Å². The van der Waals surface area contributed by atoms with Gasteiger partial charge in [0.15, 0.2) is 0 Å². The number of unbranched alkanes of at least 4 members (excludes halogenated alkanes) is 1. The van der Waals surface area contributed by atoms with Crippen LogP contribution < -0.4 is 0 Å². The van der Waals surface area contributed by atoms with Crippen LogP contribution in [0, 0.1) is 14.4 Å². The summed E-state index contributed by atoms with van der Waals surface area (Å²) in [6, 6.07) is 0. The minimum atomic E-state index is 0. The van der Waals surface area contributed by atoms with E-state index in [9.17, 15) is 0 Å². The van der Waals surface area contributed by atoms with Gasteiger partial charge in [-0.15, -0.1) is 0 Å². The molecular formula is C5H12Y+. The normalized spacial score (nSPS) is 5.00. The third kappa shape index (κ3) is 19.4. The fourth-order valence-corrected chi connectivity index (χ4v) is 0. The topological polar surface area (TPSA) is 0 Å². The Morgan fingerprint density at radius 2 is 1.67 bits per heavy atom. The second-order valence-electron chi connectivity index (χ2n) is 0.854. The molecule has 0 saturated carbocycles. The maximum atomic E-state index is 3.60. The van der Waals surface area contributed by atoms with Crippen LogP contribution in [0.25, 0.3) is 0 Å². The predicted molar refractivity (Wildman–Crippen MR) is 26.7 cm³/mol. The summed E-state index contributed by atoms with van der Waals surface area (Å²) in [5, 5.41) is 0. The minimum Gasteiger partial charge on any atom is -0.358 e. The molecule has 0 rings (SSSR count). The van der Waals surface area contributed by atoms with E-state index in [0.29, 0.717) is 0 Å². The summed E-state index contributed by atoms with van der Waals surface area (Å²) in [5.41, 5.74) is 0. The van der Waals surface area contributed by atoms with Gasteiger partial charge in [-0.05, 0) is 0 Å². The van der Waals surface area contributed by atoms with Crippen molar-refractivity contribution < 1.29 is 32.7 Å². The van der Waals surface area contributed by atoms with Crippen molar-refractivity contribution in [2.45, 2.75) is 19.8 Å². The monoisotopic (exact) mass is 161 g/mol. The maximum Gasteiger partial charge on any atom is 3.00 e. The Morgan fingerprint density at radius 3 is 1.67 bits per heavy atom. The van der Waals surface area contributed by atoms with E-state index in [1.54, 1.807) is 0 Å². The quantitative estimate of drug-likeness (QED) is 0.516. The second kappa shape index (κ2) is 16.5. The first kappa shape index (κ1) is 15.7. The molecule has 0 aliphatic heterocycles. The second-order valence-corrected chi connectivity index (χ2v) is 0.854. The van der Waals surface area contributed by atoms with Crippen LogP contribution in [0.5, 0.6) is 0 Å². The Bertz CT molecular complexity index is 5.90. The van der Waals surface area contributed by atoms with E-state index in [0.717, 1.165) is 6.42 Å². The molecule has 0 N–H and O–H groups in total. The van der Waals surface area contributed by atoms with Crippen molar-refractivity contribution in [2.24, 2.45) is 0 Å². The molecule has 0 aliphatic rings. The average molecular weight is 161 g/mol. The summed E-state index contributed by atoms with van der Waals surface area (Å²) in [5.74, 6) is 0. The summed E-state index contributed by atoms with van der Waals surface area (Å²) < 4.78 is 0. The van der Waals surface area contributed by atoms with Gasteiger partial charge in [0.2, 0.25) is 0 Å². The molecule has 0 aromatic rings. The molecule has 0 atom stereocenters. The molecule has 6 heavy (non-hydrogen) atoms. The molecular weight excluding hydrogens is 149 g/mol. The average Bonchev–Trinajstić information content (AvgIpc) is 1.37. The maximum absolute atomic E-state index is 3.60. The third-order valence-electron chi connectivity index (χ3n) is 0.354. The van der Waals surface area contributed by atoms with E-state index in [2.05, 4.69) is 13.8 Å². The van der Waals surface area contributed by atoms with Gasteiger partial charge >= 0.3 is 32.7 Å². The zero-order chi connectivity index (χ0) is 3.41. The van der Waals surface area contributed by atoms with E-state index in [1.807, 2.05) is 0 Å². The van der Waals surface area contributed by atoms with Crippen LogP contribution in [0.1, 0.15) is 19.8 Å². The zero-order valence-electron chi connectivity index (χ0n) is 4.70. The standard InChI is InChI=1S/C4H9.CH3.Y/c1-3-4-2;;/h1,3-4H2,2H3;1H3;/q2*-1;+3. The number of hydrogen-bond donors (Lipinski definition) is 0. The molecule has 0 radical (unpaired) electrons. The van der Waals surface area contributed by atoms with Crippen LogP contribution in [0.2, 0.25) is 0 Å². The van der Waals surface area contributed by atoms with Crippen molar-refractivity contribution in [3.8, 4) is 0 Å². The summed E-state index contributed by atoms with van der Waals surface area (Å²) >= 11 is 0. The fourth-order valence-electron chi connectivity index (χ4n) is 0. The van der Waals surface area contributed by atoms with Crippen molar-refractivity contribution in [3.05, 3.63) is 14.4 Å². The van der Waals surface area contributed by atoms with Gasteiger partial charge in [-0.2, -0.15) is 6.42 Å². The van der Waals surface area contributed by atoms with Crippen molar-refractivity contribution in [1.82, 2.24) is 0 Å². The van der Waals surface area contributed by atoms with Gasteiger partial charge in [-0.1, -0.05) is 13.3 Å². The smallest absolute Gasteiger partial charge is 0.358 e. The Labute approximate surface area is 66.6 Å². The first-order valence-electron chi connectivity index (χ1n) is 1.71. The van der Waals surface area contributed by atoms with Gasteiger partial charge in [0.1, 0.15) is 0 Å². The van der Waals surface area contributed by atoms with Crippen molar-refractivity contribution in [1.29, 1.82) is 0 Å². The Morgan fingerprint density at radius 1 is 1.50 bits per heavy atom. The predicted octanol–water partition coefficient (Wildman–Crippen LogP) is 2.07. The van der Waals surface area contributed by atoms with E-state index in [1.165, 1.54) is 6.42 Å². The summed E-state index contributed by atoms with van der Waals surface area (Å²) in [6.45, 7) is 5.72. The zero-order valence-corrected chi connectivity index (χ0v) is 7.54. The van der Waals surface area contributed by atoms with Crippen LogP contribution >= 0.6 is 0 Å². The molecule has 0 heterocycles. The molecule has 1 heteroatoms. The third-order valence-corrected chi connectivity index (χ3v) is 0.354. The Balaban J connectivity index is -0.0000000450. The molecule has 0 aromatic carbocycles. The molecule has 0 spiro atoms. The van der Waals surface area contributed by atoms with Crippen molar-refractivity contribution in [3.63, 3.8) is 0 Å². The van der Waals surface area contributed by atoms with Gasteiger partial charge < -0.3 is 14.4 Å². The van der Waals surface area contributed by atoms with Crippen molar-refractivity contribution in [2.75, 3.05) is 0 Å². The fraction of sp³-hybridized carbons (Fsp3) is 0.600. The van der Waals surface area contributed by atoms with Gasteiger partial charge in [0, 0.05) is 0 Å². The Kier molecular flexibility index (Phi) is 43.2. The SMILES string of the molecule is [CH2-]CCC.[CH3-].[Y+3]. The molecule has 0 bridgehead atoms. The minimum absolute atomic E-state index is 0. The van der Waals surface area contributed by atoms with Gasteiger partial charge in [-0.3, -0.25) is 0 Å². The summed E-state index contributed by atoms with van der Waals surface area (Å²) in [6.07, 6.45) is 2.28. The van der Waals surface area contributed by atoms with E-state index in [-0.39, 0.29) is 40.1 Å². The van der Waals surface area contributed by atoms with Gasteiger partial charge in [0.05, 0.1) is 0 Å². The van der Waals surface area contributed by atoms with Crippen molar-refractivity contribution >= 4 is 0 Å². The van der Waals surface area contributed by atoms with E-state index < -0.39 is 0 Å². The molecule has 0 amide bonds. The Hall–Kier alpha value is 1.10. The number of hydrogen-bond acceptors (Lipinski definition) is 0. The molecule has 0 nitrogen and oxygen atoms in total. The first-order chi connectivity index (χ1) is 1.91. The summed E-state index contributed by atoms with van der Waals surface area (Å²) in [4.78, 5) is 0. The molecule has 34 valence electrons. The molecule has 0 fully saturated rings. The van der Waals surface area contributed by atoms with Gasteiger partial charge in [0.25, 0.3) is 0 Å². The van der Waals surface area contributed by atoms with Crippen LogP contribution in [-0.2, 0) is 32.7 Å². The van der Waals surface area contributed by atoms with Gasteiger partial charge in [-0.25, -0.2) is 0 Å².